The maximum atomic E-state index is 13.0. The van der Waals surface area contributed by atoms with Crippen molar-refractivity contribution in [3.05, 3.63) is 36.3 Å². The van der Waals surface area contributed by atoms with Gasteiger partial charge in [0, 0.05) is 12.7 Å². The van der Waals surface area contributed by atoms with Crippen molar-refractivity contribution in [3.63, 3.8) is 0 Å². The lowest BCUT2D eigenvalue weighted by molar-refractivity contribution is -0.121. The van der Waals surface area contributed by atoms with Crippen LogP contribution in [0.3, 0.4) is 0 Å². The number of aromatic nitrogens is 1. The van der Waals surface area contributed by atoms with Gasteiger partial charge in [-0.3, -0.25) is 4.79 Å². The number of carbonyl (C=O) groups is 1. The highest BCUT2D eigenvalue weighted by molar-refractivity contribution is 7.19. The summed E-state index contributed by atoms with van der Waals surface area (Å²) >= 11 is 1.24. The van der Waals surface area contributed by atoms with E-state index in [0.29, 0.717) is 11.7 Å². The molecule has 22 heavy (non-hydrogen) atoms. The molecule has 0 unspecified atom stereocenters. The van der Waals surface area contributed by atoms with Crippen molar-refractivity contribution < 1.29 is 9.18 Å². The highest BCUT2D eigenvalue weighted by atomic mass is 32.1. The molecule has 0 spiro atoms. The third kappa shape index (κ3) is 2.84. The summed E-state index contributed by atoms with van der Waals surface area (Å²) in [4.78, 5) is 18.3. The summed E-state index contributed by atoms with van der Waals surface area (Å²) in [6, 6.07) is 6.02. The van der Waals surface area contributed by atoms with Gasteiger partial charge in [-0.15, -0.1) is 0 Å². The molecular formula is C15H13FN4OS. The molecule has 2 aromatic rings. The van der Waals surface area contributed by atoms with Crippen molar-refractivity contribution in [2.24, 2.45) is 5.92 Å². The second-order valence-corrected chi connectivity index (χ2v) is 5.99. The van der Waals surface area contributed by atoms with Gasteiger partial charge in [-0.25, -0.2) is 9.37 Å². The second kappa shape index (κ2) is 6.22. The molecule has 1 aliphatic heterocycles. The molecular weight excluding hydrogens is 303 g/mol. The quantitative estimate of drug-likeness (QED) is 0.697. The Bertz CT molecular complexity index is 716. The largest absolute Gasteiger partial charge is 0.316 e. The minimum Gasteiger partial charge on any atom is -0.316 e. The van der Waals surface area contributed by atoms with E-state index in [4.69, 9.17) is 0 Å². The maximum Gasteiger partial charge on any atom is 0.246 e. The molecule has 5 nitrogen and oxygen atoms in total. The fourth-order valence-electron chi connectivity index (χ4n) is 2.35. The lowest BCUT2D eigenvalue weighted by Crippen LogP contribution is -2.33. The Balaban J connectivity index is 1.83. The van der Waals surface area contributed by atoms with Crippen LogP contribution in [0.25, 0.3) is 10.4 Å². The molecule has 1 saturated heterocycles. The number of anilines is 1. The summed E-state index contributed by atoms with van der Waals surface area (Å²) in [6.07, 6.45) is 4.24. The number of amides is 1. The second-order valence-electron chi connectivity index (χ2n) is 4.98. The number of halogens is 1. The Morgan fingerprint density at radius 3 is 2.86 bits per heavy atom. The summed E-state index contributed by atoms with van der Waals surface area (Å²) < 4.78 is 13.0. The molecule has 7 heteroatoms. The van der Waals surface area contributed by atoms with Crippen molar-refractivity contribution >= 4 is 22.4 Å². The highest BCUT2D eigenvalue weighted by Crippen LogP contribution is 2.32. The number of hydrogen-bond donors (Lipinski definition) is 1. The third-order valence-electron chi connectivity index (χ3n) is 3.54. The van der Waals surface area contributed by atoms with Gasteiger partial charge in [0.15, 0.2) is 6.19 Å². The van der Waals surface area contributed by atoms with Crippen molar-refractivity contribution in [1.29, 1.82) is 5.26 Å². The SMILES string of the molecule is N#CN(C(=O)[C@H]1CCNC1)c1ncc(-c2ccc(F)cc2)s1. The topological polar surface area (TPSA) is 69.0 Å². The predicted octanol–water partition coefficient (Wildman–Crippen LogP) is 2.37. The van der Waals surface area contributed by atoms with E-state index >= 15 is 0 Å². The molecule has 1 amide bonds. The molecule has 1 N–H and O–H groups in total. The normalized spacial score (nSPS) is 17.2. The van der Waals surface area contributed by atoms with E-state index in [1.807, 2.05) is 6.19 Å². The number of benzene rings is 1. The Morgan fingerprint density at radius 2 is 2.23 bits per heavy atom. The third-order valence-corrected chi connectivity index (χ3v) is 4.58. The molecule has 3 rings (SSSR count). The summed E-state index contributed by atoms with van der Waals surface area (Å²) in [5.41, 5.74) is 0.804. The minimum atomic E-state index is -0.309. The first kappa shape index (κ1) is 14.6. The number of thiazole rings is 1. The zero-order valence-electron chi connectivity index (χ0n) is 11.6. The van der Waals surface area contributed by atoms with E-state index in [1.54, 1.807) is 18.3 Å². The zero-order valence-corrected chi connectivity index (χ0v) is 12.4. The van der Waals surface area contributed by atoms with E-state index in [-0.39, 0.29) is 17.6 Å². The number of nitrogens with zero attached hydrogens (tertiary/aromatic N) is 3. The van der Waals surface area contributed by atoms with Crippen LogP contribution in [-0.4, -0.2) is 24.0 Å². The Kier molecular flexibility index (Phi) is 4.13. The molecule has 0 saturated carbocycles. The number of carbonyl (C=O) groups excluding carboxylic acids is 1. The van der Waals surface area contributed by atoms with Crippen LogP contribution in [0.5, 0.6) is 0 Å². The average molecular weight is 316 g/mol. The first-order valence-electron chi connectivity index (χ1n) is 6.85. The predicted molar refractivity (Wildman–Crippen MR) is 81.6 cm³/mol. The fourth-order valence-corrected chi connectivity index (χ4v) is 3.23. The van der Waals surface area contributed by atoms with Crippen molar-refractivity contribution in [3.8, 4) is 16.6 Å². The minimum absolute atomic E-state index is 0.183. The van der Waals surface area contributed by atoms with Crippen LogP contribution in [0.1, 0.15) is 6.42 Å². The Hall–Kier alpha value is -2.30. The first-order valence-corrected chi connectivity index (χ1v) is 7.67. The smallest absolute Gasteiger partial charge is 0.246 e. The highest BCUT2D eigenvalue weighted by Gasteiger charge is 2.29. The molecule has 1 aromatic carbocycles. The van der Waals surface area contributed by atoms with Gasteiger partial charge >= 0.3 is 0 Å². The van der Waals surface area contributed by atoms with Gasteiger partial charge in [-0.05, 0) is 30.7 Å². The number of hydrogen-bond acceptors (Lipinski definition) is 5. The number of rotatable bonds is 3. The molecule has 0 bridgehead atoms. The van der Waals surface area contributed by atoms with Crippen molar-refractivity contribution in [2.75, 3.05) is 18.0 Å². The molecule has 1 aromatic heterocycles. The van der Waals surface area contributed by atoms with Crippen LogP contribution in [0.15, 0.2) is 30.5 Å². The van der Waals surface area contributed by atoms with Crippen LogP contribution in [0, 0.1) is 23.2 Å². The molecule has 0 radical (unpaired) electrons. The average Bonchev–Trinajstić information content (AvgIpc) is 3.20. The first-order chi connectivity index (χ1) is 10.7. The van der Waals surface area contributed by atoms with Crippen LogP contribution in [-0.2, 0) is 4.79 Å². The molecule has 1 fully saturated rings. The van der Waals surface area contributed by atoms with Crippen LogP contribution < -0.4 is 10.2 Å². The lowest BCUT2D eigenvalue weighted by Gasteiger charge is -2.14. The molecule has 1 atom stereocenters. The molecule has 2 heterocycles. The van der Waals surface area contributed by atoms with Crippen LogP contribution >= 0.6 is 11.3 Å². The monoisotopic (exact) mass is 316 g/mol. The number of nitriles is 1. The summed E-state index contributed by atoms with van der Waals surface area (Å²) in [5, 5.41) is 12.7. The van der Waals surface area contributed by atoms with Gasteiger partial charge < -0.3 is 5.32 Å². The van der Waals surface area contributed by atoms with Crippen LogP contribution in [0.2, 0.25) is 0 Å². The summed E-state index contributed by atoms with van der Waals surface area (Å²) in [7, 11) is 0. The van der Waals surface area contributed by atoms with E-state index < -0.39 is 0 Å². The Labute approximate surface area is 131 Å². The van der Waals surface area contributed by atoms with Gasteiger partial charge in [0.25, 0.3) is 0 Å². The maximum absolute atomic E-state index is 13.0. The Morgan fingerprint density at radius 1 is 1.45 bits per heavy atom. The van der Waals surface area contributed by atoms with E-state index in [1.165, 1.54) is 23.5 Å². The lowest BCUT2D eigenvalue weighted by atomic mass is 10.1. The van der Waals surface area contributed by atoms with Crippen molar-refractivity contribution in [1.82, 2.24) is 10.3 Å². The van der Waals surface area contributed by atoms with Crippen LogP contribution in [0.4, 0.5) is 9.52 Å². The van der Waals surface area contributed by atoms with Crippen molar-refractivity contribution in [2.45, 2.75) is 6.42 Å². The van der Waals surface area contributed by atoms with E-state index in [9.17, 15) is 14.4 Å². The number of nitrogens with one attached hydrogen (secondary N) is 1. The van der Waals surface area contributed by atoms with E-state index in [2.05, 4.69) is 10.3 Å². The molecule has 1 aliphatic rings. The van der Waals surface area contributed by atoms with Gasteiger partial charge in [-0.2, -0.15) is 10.2 Å². The van der Waals surface area contributed by atoms with Gasteiger partial charge in [0.05, 0.1) is 10.8 Å². The molecule has 0 aliphatic carbocycles. The van der Waals surface area contributed by atoms with Gasteiger partial charge in [0.1, 0.15) is 5.82 Å². The molecule has 112 valence electrons. The fraction of sp³-hybridized carbons (Fsp3) is 0.267. The van der Waals surface area contributed by atoms with Gasteiger partial charge in [0.2, 0.25) is 11.0 Å². The summed E-state index contributed by atoms with van der Waals surface area (Å²) in [5.74, 6) is -0.721. The van der Waals surface area contributed by atoms with E-state index in [0.717, 1.165) is 28.3 Å². The summed E-state index contributed by atoms with van der Waals surface area (Å²) in [6.45, 7) is 1.38. The van der Waals surface area contributed by atoms with Gasteiger partial charge in [-0.1, -0.05) is 23.5 Å². The standard InChI is InChI=1S/C15H13FN4OS/c16-12-3-1-10(2-4-12)13-8-19-15(22-13)20(9-17)14(21)11-5-6-18-7-11/h1-4,8,11,18H,5-7H2/t11-/m0/s1. The zero-order chi connectivity index (χ0) is 15.5.